The van der Waals surface area contributed by atoms with E-state index in [9.17, 15) is 9.90 Å². The monoisotopic (exact) mass is 441 g/mol. The highest BCUT2D eigenvalue weighted by molar-refractivity contribution is 6.04. The summed E-state index contributed by atoms with van der Waals surface area (Å²) in [5.74, 6) is 0.926. The van der Waals surface area contributed by atoms with Crippen LogP contribution in [0.5, 0.6) is 11.5 Å². The van der Waals surface area contributed by atoms with E-state index in [1.165, 1.54) is 0 Å². The number of rotatable bonds is 5. The van der Waals surface area contributed by atoms with Crippen LogP contribution >= 0.6 is 0 Å². The van der Waals surface area contributed by atoms with Gasteiger partial charge in [-0.3, -0.25) is 9.78 Å². The van der Waals surface area contributed by atoms with Crippen LogP contribution < -0.4 is 4.74 Å². The molecule has 1 fully saturated rings. The molecule has 5 rings (SSSR count). The molecule has 3 aromatic rings. The van der Waals surface area contributed by atoms with Gasteiger partial charge < -0.3 is 9.84 Å². The van der Waals surface area contributed by atoms with Gasteiger partial charge in [0, 0.05) is 29.9 Å². The van der Waals surface area contributed by atoms with Crippen molar-refractivity contribution in [2.75, 3.05) is 7.11 Å². The number of hydrogen-bond donors (Lipinski definition) is 1. The Labute approximate surface area is 193 Å². The molecule has 168 valence electrons. The number of para-hydroxylation sites is 1. The highest BCUT2D eigenvalue weighted by atomic mass is 16.5. The van der Waals surface area contributed by atoms with Crippen LogP contribution in [0.25, 0.3) is 0 Å². The average molecular weight is 442 g/mol. The van der Waals surface area contributed by atoms with E-state index in [0.29, 0.717) is 12.0 Å². The fourth-order valence-corrected chi connectivity index (χ4v) is 5.15. The van der Waals surface area contributed by atoms with Crippen LogP contribution in [0.3, 0.4) is 0 Å². The number of amides is 1. The Kier molecular flexibility index (Phi) is 5.58. The van der Waals surface area contributed by atoms with E-state index >= 15 is 0 Å². The summed E-state index contributed by atoms with van der Waals surface area (Å²) in [6, 6.07) is 18.5. The zero-order valence-corrected chi connectivity index (χ0v) is 18.6. The van der Waals surface area contributed by atoms with E-state index in [1.807, 2.05) is 48.5 Å². The predicted octanol–water partition coefficient (Wildman–Crippen LogP) is 4.99. The Hall–Kier alpha value is -3.67. The lowest BCUT2D eigenvalue weighted by molar-refractivity contribution is -0.139. The summed E-state index contributed by atoms with van der Waals surface area (Å²) in [6.07, 6.45) is 7.55. The number of ether oxygens (including phenoxy) is 1. The molecule has 6 nitrogen and oxygen atoms in total. The topological polar surface area (TPSA) is 75.0 Å². The van der Waals surface area contributed by atoms with Crippen LogP contribution in [0.1, 0.15) is 54.8 Å². The Morgan fingerprint density at radius 1 is 1.06 bits per heavy atom. The molecule has 1 amide bonds. The van der Waals surface area contributed by atoms with Gasteiger partial charge in [0.25, 0.3) is 5.91 Å². The number of phenols is 1. The molecule has 0 radical (unpaired) electrons. The summed E-state index contributed by atoms with van der Waals surface area (Å²) in [6.45, 7) is 0. The molecule has 1 N–H and O–H groups in total. The Morgan fingerprint density at radius 3 is 2.48 bits per heavy atom. The van der Waals surface area contributed by atoms with Crippen molar-refractivity contribution in [1.29, 1.82) is 0 Å². The molecule has 1 saturated carbocycles. The Morgan fingerprint density at radius 2 is 1.82 bits per heavy atom. The standard InChI is InChI=1S/C27H27N3O3/c1-33-21-12-10-20(11-13-21)27(14-4-5-15-27)26(32)30-24(22-8-2-3-9-25(22)31)17-23(29-30)19-7-6-16-28-18-19/h2-3,6-13,16,18,24,31H,4-5,14-15,17H2,1H3. The Balaban J connectivity index is 1.58. The molecule has 0 spiro atoms. The SMILES string of the molecule is COc1ccc(C2(C(=O)N3N=C(c4cccnc4)CC3c3ccccc3O)CCCC2)cc1. The van der Waals surface area contributed by atoms with Crippen LogP contribution in [0.4, 0.5) is 0 Å². The number of pyridine rings is 1. The third kappa shape index (κ3) is 3.75. The molecule has 1 aromatic heterocycles. The van der Waals surface area contributed by atoms with Crippen LogP contribution in [0.15, 0.2) is 78.2 Å². The molecule has 2 aromatic carbocycles. The molecule has 1 aliphatic carbocycles. The van der Waals surface area contributed by atoms with Crippen LogP contribution in [-0.4, -0.2) is 33.8 Å². The first-order valence-electron chi connectivity index (χ1n) is 11.4. The van der Waals surface area contributed by atoms with E-state index in [-0.39, 0.29) is 17.7 Å². The molecule has 0 bridgehead atoms. The molecule has 1 atom stereocenters. The molecule has 0 saturated heterocycles. The van der Waals surface area contributed by atoms with Crippen LogP contribution in [0, 0.1) is 0 Å². The number of carbonyl (C=O) groups excluding carboxylic acids is 1. The van der Waals surface area contributed by atoms with Crippen LogP contribution in [0.2, 0.25) is 0 Å². The number of aromatic nitrogens is 1. The van der Waals surface area contributed by atoms with Crippen molar-refractivity contribution in [3.8, 4) is 11.5 Å². The maximum absolute atomic E-state index is 14.3. The lowest BCUT2D eigenvalue weighted by Gasteiger charge is -2.34. The van der Waals surface area contributed by atoms with Gasteiger partial charge in [-0.05, 0) is 42.7 Å². The number of hydrogen-bond acceptors (Lipinski definition) is 5. The van der Waals surface area contributed by atoms with Gasteiger partial charge in [-0.15, -0.1) is 0 Å². The van der Waals surface area contributed by atoms with Gasteiger partial charge in [-0.1, -0.05) is 49.2 Å². The maximum Gasteiger partial charge on any atom is 0.253 e. The van der Waals surface area contributed by atoms with Gasteiger partial charge in [0.15, 0.2) is 0 Å². The largest absolute Gasteiger partial charge is 0.508 e. The van der Waals surface area contributed by atoms with Crippen molar-refractivity contribution in [1.82, 2.24) is 9.99 Å². The van der Waals surface area contributed by atoms with Gasteiger partial charge in [0.1, 0.15) is 11.5 Å². The summed E-state index contributed by atoms with van der Waals surface area (Å²) in [7, 11) is 1.64. The maximum atomic E-state index is 14.3. The highest BCUT2D eigenvalue weighted by Gasteiger charge is 2.48. The number of hydrazone groups is 1. The number of nitrogens with zero attached hydrogens (tertiary/aromatic N) is 3. The lowest BCUT2D eigenvalue weighted by atomic mass is 9.77. The normalized spacial score (nSPS) is 19.4. The van der Waals surface area contributed by atoms with Gasteiger partial charge >= 0.3 is 0 Å². The van der Waals surface area contributed by atoms with Crippen LogP contribution in [-0.2, 0) is 10.2 Å². The second-order valence-electron chi connectivity index (χ2n) is 8.73. The smallest absolute Gasteiger partial charge is 0.253 e. The first kappa shape index (κ1) is 21.2. The van der Waals surface area contributed by atoms with Crippen molar-refractivity contribution >= 4 is 11.6 Å². The summed E-state index contributed by atoms with van der Waals surface area (Å²) in [5, 5.41) is 17.1. The number of benzene rings is 2. The zero-order valence-electron chi connectivity index (χ0n) is 18.6. The fraction of sp³-hybridized carbons (Fsp3) is 0.296. The molecular formula is C27H27N3O3. The second-order valence-corrected chi connectivity index (χ2v) is 8.73. The number of phenolic OH excluding ortho intramolecular Hbond substituents is 1. The third-order valence-corrected chi connectivity index (χ3v) is 6.92. The molecular weight excluding hydrogens is 414 g/mol. The third-order valence-electron chi connectivity index (χ3n) is 6.92. The minimum absolute atomic E-state index is 0.0164. The quantitative estimate of drug-likeness (QED) is 0.606. The zero-order chi connectivity index (χ0) is 22.8. The van der Waals surface area contributed by atoms with Gasteiger partial charge in [-0.25, -0.2) is 5.01 Å². The van der Waals surface area contributed by atoms with Crippen molar-refractivity contribution in [2.24, 2.45) is 5.10 Å². The van der Waals surface area contributed by atoms with Crippen molar-refractivity contribution in [2.45, 2.75) is 43.6 Å². The van der Waals surface area contributed by atoms with E-state index < -0.39 is 5.41 Å². The number of aromatic hydroxyl groups is 1. The van der Waals surface area contributed by atoms with E-state index in [4.69, 9.17) is 9.84 Å². The fourth-order valence-electron chi connectivity index (χ4n) is 5.15. The first-order chi connectivity index (χ1) is 16.1. The number of methoxy groups -OCH3 is 1. The first-order valence-corrected chi connectivity index (χ1v) is 11.4. The molecule has 2 heterocycles. The minimum Gasteiger partial charge on any atom is -0.508 e. The average Bonchev–Trinajstić information content (AvgIpc) is 3.53. The van der Waals surface area contributed by atoms with Gasteiger partial charge in [0.2, 0.25) is 0 Å². The Bertz CT molecular complexity index is 1170. The molecule has 1 aliphatic heterocycles. The van der Waals surface area contributed by atoms with E-state index in [1.54, 1.807) is 36.6 Å². The van der Waals surface area contributed by atoms with Crippen molar-refractivity contribution in [3.05, 3.63) is 89.7 Å². The second kappa shape index (κ2) is 8.70. The molecule has 2 aliphatic rings. The lowest BCUT2D eigenvalue weighted by Crippen LogP contribution is -2.43. The highest BCUT2D eigenvalue weighted by Crippen LogP contribution is 2.47. The van der Waals surface area contributed by atoms with Crippen molar-refractivity contribution < 1.29 is 14.6 Å². The predicted molar refractivity (Wildman–Crippen MR) is 126 cm³/mol. The molecule has 6 heteroatoms. The molecule has 1 unspecified atom stereocenters. The summed E-state index contributed by atoms with van der Waals surface area (Å²) in [5.41, 5.74) is 2.75. The van der Waals surface area contributed by atoms with Gasteiger partial charge in [0.05, 0.1) is 24.3 Å². The minimum atomic E-state index is -0.636. The van der Waals surface area contributed by atoms with E-state index in [0.717, 1.165) is 48.3 Å². The van der Waals surface area contributed by atoms with Crippen molar-refractivity contribution in [3.63, 3.8) is 0 Å². The van der Waals surface area contributed by atoms with E-state index in [2.05, 4.69) is 4.98 Å². The number of carbonyl (C=O) groups is 1. The summed E-state index contributed by atoms with van der Waals surface area (Å²) in [4.78, 5) is 18.5. The van der Waals surface area contributed by atoms with Gasteiger partial charge in [-0.2, -0.15) is 5.10 Å². The summed E-state index contributed by atoms with van der Waals surface area (Å²) >= 11 is 0. The summed E-state index contributed by atoms with van der Waals surface area (Å²) < 4.78 is 5.33. The molecule has 33 heavy (non-hydrogen) atoms.